The van der Waals surface area contributed by atoms with Gasteiger partial charge in [-0.05, 0) is 232 Å². The first-order chi connectivity index (χ1) is 42.5. The maximum Gasteiger partial charge on any atom is 0.206 e. The summed E-state index contributed by atoms with van der Waals surface area (Å²) in [5.41, 5.74) is 14.0. The molecule has 8 aromatic carbocycles. The van der Waals surface area contributed by atoms with Crippen LogP contribution >= 0.6 is 0 Å². The number of hydrogen-bond donors (Lipinski definition) is 1. The Balaban J connectivity index is 0.000000149. The Labute approximate surface area is 526 Å². The quantitative estimate of drug-likeness (QED) is 0.133. The number of nitrogens with two attached hydrogens (primary N) is 1. The maximum atomic E-state index is 12.6. The second kappa shape index (κ2) is 30.4. The zero-order valence-corrected chi connectivity index (χ0v) is 52.6. The van der Waals surface area contributed by atoms with Gasteiger partial charge in [0, 0.05) is 33.6 Å². The van der Waals surface area contributed by atoms with E-state index in [2.05, 4.69) is 12.1 Å². The highest BCUT2D eigenvalue weighted by molar-refractivity contribution is 7.92. The monoisotopic (exact) mass is 1260 g/mol. The van der Waals surface area contributed by atoms with Gasteiger partial charge in [0.05, 0.1) is 62.8 Å². The molecule has 0 bridgehead atoms. The van der Waals surface area contributed by atoms with Gasteiger partial charge in [0.25, 0.3) is 0 Å². The molecule has 2 N–H and O–H groups in total. The lowest BCUT2D eigenvalue weighted by Gasteiger charge is -2.24. The Morgan fingerprint density at radius 1 is 0.427 bits per heavy atom. The molecule has 0 aromatic heterocycles. The van der Waals surface area contributed by atoms with Gasteiger partial charge in [-0.2, -0.15) is 10.5 Å². The van der Waals surface area contributed by atoms with Crippen molar-refractivity contribution in [1.82, 2.24) is 0 Å². The minimum absolute atomic E-state index is 0. The van der Waals surface area contributed by atoms with E-state index < -0.39 is 39.3 Å². The Kier molecular flexibility index (Phi) is 22.9. The third kappa shape index (κ3) is 15.9. The van der Waals surface area contributed by atoms with E-state index in [9.17, 15) is 43.7 Å². The topological polar surface area (TPSA) is 236 Å². The molecule has 5 aliphatic rings. The minimum atomic E-state index is -3.50. The summed E-state index contributed by atoms with van der Waals surface area (Å²) in [6.45, 7) is 2.62. The SMILES string of the molecule is C1CCOC1.N#CC1=CCCc2cc(S(=O)(=O)c3ccccc3)ccc21.N#CC1CCCc2cc(S(=O)(=O)c3ccccc3)ccc21.NCC1CCCc2cc(S(=O)(=O)c3ccccc3)ccc21.O=C1CCCc2cc(S(=O)(=O)c3ccccc3)ccc21.[B]. The number of nitrogens with zero attached hydrogens (tertiary/aromatic N) is 2. The summed E-state index contributed by atoms with van der Waals surface area (Å²) < 4.78 is 106. The molecule has 0 saturated carbocycles. The van der Waals surface area contributed by atoms with Gasteiger partial charge in [0.15, 0.2) is 5.78 Å². The van der Waals surface area contributed by atoms with Gasteiger partial charge in [-0.25, -0.2) is 33.7 Å². The van der Waals surface area contributed by atoms with Crippen LogP contribution in [0, 0.1) is 22.7 Å². The van der Waals surface area contributed by atoms with Crippen molar-refractivity contribution in [3.63, 3.8) is 0 Å². The van der Waals surface area contributed by atoms with E-state index in [1.165, 1.54) is 24.5 Å². The first kappa shape index (κ1) is 66.9. The second-order valence-corrected chi connectivity index (χ2v) is 29.7. The largest absolute Gasteiger partial charge is 0.381 e. The average Bonchev–Trinajstić information content (AvgIpc) is 3.31. The molecule has 13 nitrogen and oxygen atoms in total. The molecule has 13 rings (SSSR count). The summed E-state index contributed by atoms with van der Waals surface area (Å²) in [5.74, 6) is 0.361. The van der Waals surface area contributed by atoms with E-state index >= 15 is 0 Å². The van der Waals surface area contributed by atoms with Crippen molar-refractivity contribution in [2.24, 2.45) is 5.73 Å². The Hall–Kier alpha value is -8.07. The Bertz CT molecular complexity index is 4370. The van der Waals surface area contributed by atoms with Crippen LogP contribution in [-0.2, 0) is 69.8 Å². The van der Waals surface area contributed by atoms with Crippen LogP contribution in [0.3, 0.4) is 0 Å². The Morgan fingerprint density at radius 2 is 0.820 bits per heavy atom. The van der Waals surface area contributed by atoms with E-state index in [4.69, 9.17) is 15.7 Å². The van der Waals surface area contributed by atoms with Crippen LogP contribution in [-0.4, -0.2) is 67.6 Å². The zero-order valence-electron chi connectivity index (χ0n) is 49.3. The highest BCUT2D eigenvalue weighted by atomic mass is 32.2. The lowest BCUT2D eigenvalue weighted by atomic mass is 9.83. The van der Waals surface area contributed by atoms with Gasteiger partial charge in [0.2, 0.25) is 39.3 Å². The van der Waals surface area contributed by atoms with Gasteiger partial charge < -0.3 is 10.5 Å². The Morgan fingerprint density at radius 3 is 1.25 bits per heavy atom. The molecule has 2 atom stereocenters. The average molecular weight is 1260 g/mol. The molecular formula is C71H69BN3O10S4. The minimum Gasteiger partial charge on any atom is -0.381 e. The molecule has 1 fully saturated rings. The number of ether oxygens (including phenoxy) is 1. The number of hydrogen-bond acceptors (Lipinski definition) is 13. The number of allylic oxidation sites excluding steroid dienone is 2. The lowest BCUT2D eigenvalue weighted by Crippen LogP contribution is -2.18. The zero-order chi connectivity index (χ0) is 62.3. The summed E-state index contributed by atoms with van der Waals surface area (Å²) in [6.07, 6.45) is 13.8. The summed E-state index contributed by atoms with van der Waals surface area (Å²) in [5, 5.41) is 18.3. The predicted molar refractivity (Wildman–Crippen MR) is 344 cm³/mol. The summed E-state index contributed by atoms with van der Waals surface area (Å²) >= 11 is 0. The number of fused-ring (bicyclic) bond motifs is 4. The number of carbonyl (C=O) groups excluding carboxylic acids is 1. The van der Waals surface area contributed by atoms with Crippen LogP contribution in [0.15, 0.2) is 239 Å². The number of rotatable bonds is 9. The van der Waals surface area contributed by atoms with Gasteiger partial charge in [-0.15, -0.1) is 0 Å². The molecule has 1 aliphatic heterocycles. The van der Waals surface area contributed by atoms with Crippen LogP contribution in [0.1, 0.15) is 119 Å². The highest BCUT2D eigenvalue weighted by Crippen LogP contribution is 2.36. The normalized spacial score (nSPS) is 16.5. The van der Waals surface area contributed by atoms with Gasteiger partial charge in [-0.3, -0.25) is 4.79 Å². The van der Waals surface area contributed by atoms with Crippen LogP contribution in [0.5, 0.6) is 0 Å². The van der Waals surface area contributed by atoms with Gasteiger partial charge in [0.1, 0.15) is 0 Å². The predicted octanol–water partition coefficient (Wildman–Crippen LogP) is 13.2. The fourth-order valence-corrected chi connectivity index (χ4v) is 16.8. The van der Waals surface area contributed by atoms with Crippen LogP contribution in [0.2, 0.25) is 0 Å². The highest BCUT2D eigenvalue weighted by Gasteiger charge is 2.27. The molecule has 1 heterocycles. The molecular weight excluding hydrogens is 1190 g/mol. The van der Waals surface area contributed by atoms with Crippen molar-refractivity contribution >= 4 is 59.1 Å². The standard InChI is InChI=1S/C17H19NO2S.C17H15NO2S.C17H13NO2S.C16H14O3S.C4H8O.B/c3*18-12-14-6-4-5-13-11-16(9-10-17(13)14)21(19,20)15-7-2-1-3-8-15;17-16-8-4-5-12-11-14(9-10-15(12)16)20(18,19)13-6-2-1-3-7-13;1-2-4-5-3-1;/h1-3,7-11,14H,4-6,12,18H2;1-3,7-11,14H,4-6H2;1-3,6-11H,4-5H2;1-3,6-7,9-11H,4-5,8H2;1-4H2;. The van der Waals surface area contributed by atoms with Gasteiger partial charge in [-0.1, -0.05) is 97.1 Å². The molecule has 455 valence electrons. The lowest BCUT2D eigenvalue weighted by molar-refractivity contribution is 0.0972. The van der Waals surface area contributed by atoms with Crippen molar-refractivity contribution < 1.29 is 43.2 Å². The van der Waals surface area contributed by atoms with E-state index in [1.54, 1.807) is 170 Å². The van der Waals surface area contributed by atoms with E-state index in [0.717, 1.165) is 111 Å². The molecule has 2 unspecified atom stereocenters. The van der Waals surface area contributed by atoms with Crippen LogP contribution in [0.25, 0.3) is 5.57 Å². The molecule has 18 heteroatoms. The third-order valence-corrected chi connectivity index (χ3v) is 23.3. The van der Waals surface area contributed by atoms with E-state index in [1.807, 2.05) is 24.3 Å². The van der Waals surface area contributed by atoms with Crippen molar-refractivity contribution in [2.45, 2.75) is 134 Å². The summed E-state index contributed by atoms with van der Waals surface area (Å²) in [4.78, 5) is 14.2. The molecule has 3 radical (unpaired) electrons. The fraction of sp³-hybridized carbons (Fsp3) is 0.254. The van der Waals surface area contributed by atoms with Gasteiger partial charge >= 0.3 is 0 Å². The number of sulfone groups is 4. The maximum absolute atomic E-state index is 12.6. The number of aryl methyl sites for hydroxylation is 4. The van der Waals surface area contributed by atoms with Crippen LogP contribution in [0.4, 0.5) is 0 Å². The summed E-state index contributed by atoms with van der Waals surface area (Å²) in [7, 11) is -13.9. The van der Waals surface area contributed by atoms with Crippen molar-refractivity contribution in [1.29, 1.82) is 10.5 Å². The molecule has 8 aromatic rings. The first-order valence-electron chi connectivity index (χ1n) is 29.5. The number of Topliss-reactive ketones (excluding diaryl/α,β-unsaturated/α-hetero) is 1. The molecule has 0 spiro atoms. The van der Waals surface area contributed by atoms with Crippen molar-refractivity contribution in [2.75, 3.05) is 19.8 Å². The fourth-order valence-electron chi connectivity index (χ4n) is 11.4. The number of nitriles is 2. The van der Waals surface area contributed by atoms with Crippen molar-refractivity contribution in [3.8, 4) is 12.1 Å². The summed E-state index contributed by atoms with van der Waals surface area (Å²) in [6, 6.07) is 58.7. The molecule has 1 saturated heterocycles. The number of benzene rings is 8. The third-order valence-electron chi connectivity index (χ3n) is 16.2. The van der Waals surface area contributed by atoms with Crippen LogP contribution < -0.4 is 5.73 Å². The van der Waals surface area contributed by atoms with Crippen molar-refractivity contribution in [3.05, 3.63) is 245 Å². The number of carbonyl (C=O) groups is 1. The smallest absolute Gasteiger partial charge is 0.206 e. The number of ketones is 1. The molecule has 89 heavy (non-hydrogen) atoms. The molecule has 0 amide bonds. The molecule has 4 aliphatic carbocycles. The second-order valence-electron chi connectivity index (χ2n) is 21.9. The van der Waals surface area contributed by atoms with E-state index in [0.29, 0.717) is 49.6 Å². The first-order valence-corrected chi connectivity index (χ1v) is 35.4. The van der Waals surface area contributed by atoms with E-state index in [-0.39, 0.29) is 39.7 Å².